The fourth-order valence-electron chi connectivity index (χ4n) is 1.48. The predicted molar refractivity (Wildman–Crippen MR) is 66.9 cm³/mol. The van der Waals surface area contributed by atoms with Crippen LogP contribution in [0.5, 0.6) is 0 Å². The summed E-state index contributed by atoms with van der Waals surface area (Å²) >= 11 is 0. The lowest BCUT2D eigenvalue weighted by Crippen LogP contribution is -2.12. The zero-order chi connectivity index (χ0) is 13.2. The van der Waals surface area contributed by atoms with Gasteiger partial charge < -0.3 is 10.2 Å². The highest BCUT2D eigenvalue weighted by Crippen LogP contribution is 2.26. The summed E-state index contributed by atoms with van der Waals surface area (Å²) < 4.78 is 0. The number of aliphatic carboxylic acids is 1. The maximum Gasteiger partial charge on any atom is 0.333 e. The zero-order valence-corrected chi connectivity index (χ0v) is 10.4. The van der Waals surface area contributed by atoms with Crippen LogP contribution in [0.25, 0.3) is 0 Å². The Bertz CT molecular complexity index is 424. The van der Waals surface area contributed by atoms with Gasteiger partial charge in [0, 0.05) is 0 Å². The third kappa shape index (κ3) is 3.17. The molecule has 1 unspecified atom stereocenters. The minimum absolute atomic E-state index is 0.0350. The van der Waals surface area contributed by atoms with E-state index in [0.29, 0.717) is 5.56 Å². The Morgan fingerprint density at radius 2 is 1.71 bits per heavy atom. The quantitative estimate of drug-likeness (QED) is 0.790. The predicted octanol–water partition coefficient (Wildman–Crippen LogP) is 2.66. The molecule has 1 aromatic carbocycles. The van der Waals surface area contributed by atoms with Gasteiger partial charge in [-0.05, 0) is 16.5 Å². The Morgan fingerprint density at radius 1 is 1.24 bits per heavy atom. The van der Waals surface area contributed by atoms with Gasteiger partial charge in [-0.15, -0.1) is 0 Å². The van der Waals surface area contributed by atoms with E-state index in [-0.39, 0.29) is 11.0 Å². The average molecular weight is 234 g/mol. The first-order valence-electron chi connectivity index (χ1n) is 5.44. The Morgan fingerprint density at radius 3 is 2.06 bits per heavy atom. The Balaban J connectivity index is 2.96. The van der Waals surface area contributed by atoms with Crippen molar-refractivity contribution in [2.45, 2.75) is 32.3 Å². The zero-order valence-electron chi connectivity index (χ0n) is 10.4. The van der Waals surface area contributed by atoms with Crippen molar-refractivity contribution < 1.29 is 15.0 Å². The number of carboxylic acids is 1. The molecule has 0 saturated carbocycles. The Hall–Kier alpha value is -1.61. The largest absolute Gasteiger partial charge is 0.478 e. The molecule has 1 atom stereocenters. The molecular formula is C14H18O3. The van der Waals surface area contributed by atoms with E-state index < -0.39 is 12.1 Å². The third-order valence-corrected chi connectivity index (χ3v) is 2.70. The summed E-state index contributed by atoms with van der Waals surface area (Å²) in [6.45, 7) is 9.63. The van der Waals surface area contributed by atoms with Crippen molar-refractivity contribution in [3.8, 4) is 0 Å². The molecule has 1 rings (SSSR count). The van der Waals surface area contributed by atoms with Crippen LogP contribution in [0.3, 0.4) is 0 Å². The Kier molecular flexibility index (Phi) is 3.73. The molecule has 0 aromatic heterocycles. The minimum atomic E-state index is -1.18. The first-order chi connectivity index (χ1) is 7.73. The van der Waals surface area contributed by atoms with E-state index in [4.69, 9.17) is 5.11 Å². The van der Waals surface area contributed by atoms with Crippen molar-refractivity contribution >= 4 is 5.97 Å². The van der Waals surface area contributed by atoms with E-state index in [1.165, 1.54) is 0 Å². The second-order valence-electron chi connectivity index (χ2n) is 5.10. The molecule has 2 N–H and O–H groups in total. The van der Waals surface area contributed by atoms with Gasteiger partial charge in [0.15, 0.2) is 0 Å². The van der Waals surface area contributed by atoms with E-state index >= 15 is 0 Å². The summed E-state index contributed by atoms with van der Waals surface area (Å²) in [7, 11) is 0. The number of carbonyl (C=O) groups is 1. The third-order valence-electron chi connectivity index (χ3n) is 2.70. The monoisotopic (exact) mass is 234 g/mol. The fourth-order valence-corrected chi connectivity index (χ4v) is 1.48. The maximum absolute atomic E-state index is 10.7. The molecule has 0 saturated heterocycles. The van der Waals surface area contributed by atoms with E-state index in [1.807, 2.05) is 12.1 Å². The number of rotatable bonds is 3. The topological polar surface area (TPSA) is 57.5 Å². The molecule has 0 radical (unpaired) electrons. The SMILES string of the molecule is C=C(C(=O)O)C(O)c1ccc(C(C)(C)C)cc1. The first-order valence-corrected chi connectivity index (χ1v) is 5.44. The van der Waals surface area contributed by atoms with Gasteiger partial charge in [-0.25, -0.2) is 4.79 Å². The molecule has 0 aliphatic rings. The normalized spacial score (nSPS) is 13.2. The van der Waals surface area contributed by atoms with Crippen LogP contribution in [0.15, 0.2) is 36.4 Å². The molecule has 17 heavy (non-hydrogen) atoms. The van der Waals surface area contributed by atoms with Gasteiger partial charge >= 0.3 is 5.97 Å². The number of benzene rings is 1. The summed E-state index contributed by atoms with van der Waals surface area (Å²) in [5.41, 5.74) is 1.50. The highest BCUT2D eigenvalue weighted by molar-refractivity contribution is 5.87. The van der Waals surface area contributed by atoms with Crippen molar-refractivity contribution in [2.75, 3.05) is 0 Å². The lowest BCUT2D eigenvalue weighted by Gasteiger charge is -2.20. The molecule has 0 bridgehead atoms. The van der Waals surface area contributed by atoms with E-state index in [1.54, 1.807) is 12.1 Å². The lowest BCUT2D eigenvalue weighted by molar-refractivity contribution is -0.133. The highest BCUT2D eigenvalue weighted by atomic mass is 16.4. The van der Waals surface area contributed by atoms with Crippen LogP contribution in [0.1, 0.15) is 38.0 Å². The van der Waals surface area contributed by atoms with Crippen molar-refractivity contribution in [3.05, 3.63) is 47.5 Å². The lowest BCUT2D eigenvalue weighted by atomic mass is 9.86. The summed E-state index contributed by atoms with van der Waals surface area (Å²) in [6.07, 6.45) is -1.15. The standard InChI is InChI=1S/C14H18O3/c1-9(13(16)17)12(15)10-5-7-11(8-6-10)14(2,3)4/h5-8,12,15H,1H2,2-4H3,(H,16,17). The average Bonchev–Trinajstić information content (AvgIpc) is 2.26. The van der Waals surface area contributed by atoms with Crippen molar-refractivity contribution in [2.24, 2.45) is 0 Å². The second kappa shape index (κ2) is 4.72. The van der Waals surface area contributed by atoms with Gasteiger partial charge in [0.2, 0.25) is 0 Å². The van der Waals surface area contributed by atoms with E-state index in [2.05, 4.69) is 27.4 Å². The van der Waals surface area contributed by atoms with Crippen LogP contribution in [0.4, 0.5) is 0 Å². The number of aliphatic hydroxyl groups excluding tert-OH is 1. The molecular weight excluding hydrogens is 216 g/mol. The molecule has 3 nitrogen and oxygen atoms in total. The van der Waals surface area contributed by atoms with Crippen molar-refractivity contribution in [1.29, 1.82) is 0 Å². The minimum Gasteiger partial charge on any atom is -0.478 e. The van der Waals surface area contributed by atoms with Crippen LogP contribution < -0.4 is 0 Å². The number of hydrogen-bond acceptors (Lipinski definition) is 2. The molecule has 0 heterocycles. The molecule has 0 aliphatic heterocycles. The van der Waals surface area contributed by atoms with Crippen LogP contribution in [-0.4, -0.2) is 16.2 Å². The van der Waals surface area contributed by atoms with Gasteiger partial charge in [0.05, 0.1) is 5.57 Å². The van der Waals surface area contributed by atoms with E-state index in [0.717, 1.165) is 5.56 Å². The number of hydrogen-bond donors (Lipinski definition) is 2. The summed E-state index contributed by atoms with van der Waals surface area (Å²) in [5.74, 6) is -1.18. The Labute approximate surface area is 101 Å². The molecule has 3 heteroatoms. The molecule has 1 aromatic rings. The maximum atomic E-state index is 10.7. The van der Waals surface area contributed by atoms with Crippen LogP contribution >= 0.6 is 0 Å². The summed E-state index contributed by atoms with van der Waals surface area (Å²) in [5, 5.41) is 18.5. The molecule has 0 spiro atoms. The first kappa shape index (κ1) is 13.5. The van der Waals surface area contributed by atoms with Crippen molar-refractivity contribution in [3.63, 3.8) is 0 Å². The van der Waals surface area contributed by atoms with E-state index in [9.17, 15) is 9.90 Å². The molecule has 0 fully saturated rings. The highest BCUT2D eigenvalue weighted by Gasteiger charge is 2.19. The fraction of sp³-hybridized carbons (Fsp3) is 0.357. The van der Waals surface area contributed by atoms with Crippen molar-refractivity contribution in [1.82, 2.24) is 0 Å². The molecule has 0 aliphatic carbocycles. The molecule has 92 valence electrons. The smallest absolute Gasteiger partial charge is 0.333 e. The van der Waals surface area contributed by atoms with Gasteiger partial charge in [-0.3, -0.25) is 0 Å². The van der Waals surface area contributed by atoms with Crippen LogP contribution in [0.2, 0.25) is 0 Å². The summed E-state index contributed by atoms with van der Waals surface area (Å²) in [6, 6.07) is 7.26. The van der Waals surface area contributed by atoms with Gasteiger partial charge in [-0.2, -0.15) is 0 Å². The number of aliphatic hydroxyl groups is 1. The van der Waals surface area contributed by atoms with Crippen LogP contribution in [-0.2, 0) is 10.2 Å². The summed E-state index contributed by atoms with van der Waals surface area (Å²) in [4.78, 5) is 10.7. The van der Waals surface area contributed by atoms with Gasteiger partial charge in [0.25, 0.3) is 0 Å². The van der Waals surface area contributed by atoms with Crippen LogP contribution in [0, 0.1) is 0 Å². The second-order valence-corrected chi connectivity index (χ2v) is 5.10. The molecule has 0 amide bonds. The van der Waals surface area contributed by atoms with Gasteiger partial charge in [-0.1, -0.05) is 51.6 Å². The number of carboxylic acid groups (broad SMARTS) is 1. The van der Waals surface area contributed by atoms with Gasteiger partial charge in [0.1, 0.15) is 6.10 Å².